The summed E-state index contributed by atoms with van der Waals surface area (Å²) in [6, 6.07) is 4.84. The van der Waals surface area contributed by atoms with Crippen LogP contribution in [0.5, 0.6) is 5.75 Å². The maximum atomic E-state index is 13.3. The van der Waals surface area contributed by atoms with Crippen LogP contribution in [0, 0.1) is 13.8 Å². The van der Waals surface area contributed by atoms with Crippen LogP contribution in [-0.2, 0) is 13.2 Å². The number of aromatic nitrogens is 6. The Labute approximate surface area is 192 Å². The average molecular weight is 471 g/mol. The predicted octanol–water partition coefficient (Wildman–Crippen LogP) is 3.96. The fourth-order valence-electron chi connectivity index (χ4n) is 3.34. The summed E-state index contributed by atoms with van der Waals surface area (Å²) < 4.78 is 47.8. The van der Waals surface area contributed by atoms with Gasteiger partial charge in [0.25, 0.3) is 5.91 Å². The second-order valence-corrected chi connectivity index (χ2v) is 7.51. The highest BCUT2D eigenvalue weighted by Gasteiger charge is 2.34. The van der Waals surface area contributed by atoms with E-state index in [1.165, 1.54) is 16.9 Å². The summed E-state index contributed by atoms with van der Waals surface area (Å²) in [6.45, 7) is 3.65. The predicted molar refractivity (Wildman–Crippen MR) is 117 cm³/mol. The van der Waals surface area contributed by atoms with Gasteiger partial charge in [-0.25, -0.2) is 4.68 Å². The molecule has 0 saturated heterocycles. The lowest BCUT2D eigenvalue weighted by Gasteiger charge is -2.14. The number of pyridine rings is 1. The van der Waals surface area contributed by atoms with E-state index in [1.807, 2.05) is 14.0 Å². The largest absolute Gasteiger partial charge is 0.496 e. The van der Waals surface area contributed by atoms with Gasteiger partial charge in [0.05, 0.1) is 42.0 Å². The minimum absolute atomic E-state index is 0.0321. The van der Waals surface area contributed by atoms with Crippen molar-refractivity contribution in [2.45, 2.75) is 20.0 Å². The summed E-state index contributed by atoms with van der Waals surface area (Å²) >= 11 is 0. The molecular weight excluding hydrogens is 451 g/mol. The molecule has 3 aromatic heterocycles. The second kappa shape index (κ2) is 8.61. The molecule has 0 unspecified atom stereocenters. The third kappa shape index (κ3) is 4.34. The lowest BCUT2D eigenvalue weighted by Crippen LogP contribution is -2.15. The van der Waals surface area contributed by atoms with Gasteiger partial charge in [-0.3, -0.25) is 14.5 Å². The van der Waals surface area contributed by atoms with E-state index in [4.69, 9.17) is 4.74 Å². The van der Waals surface area contributed by atoms with Crippen LogP contribution in [0.2, 0.25) is 0 Å². The van der Waals surface area contributed by atoms with Crippen molar-refractivity contribution in [1.82, 2.24) is 29.8 Å². The monoisotopic (exact) mass is 471 g/mol. The molecule has 0 aliphatic heterocycles. The fourth-order valence-corrected chi connectivity index (χ4v) is 3.34. The van der Waals surface area contributed by atoms with Gasteiger partial charge < -0.3 is 10.1 Å². The topological polar surface area (TPSA) is 99.8 Å². The van der Waals surface area contributed by atoms with Crippen LogP contribution < -0.4 is 10.1 Å². The molecule has 12 heteroatoms. The normalized spacial score (nSPS) is 11.5. The Kier molecular flexibility index (Phi) is 5.82. The number of methoxy groups -OCH3 is 1. The molecule has 4 aromatic rings. The van der Waals surface area contributed by atoms with Crippen molar-refractivity contribution in [2.24, 2.45) is 7.05 Å². The maximum Gasteiger partial charge on any atom is 0.420 e. The number of carbonyl (C=O) groups excluding carboxylic acids is 1. The Balaban J connectivity index is 1.62. The van der Waals surface area contributed by atoms with Gasteiger partial charge in [0, 0.05) is 30.2 Å². The maximum absolute atomic E-state index is 13.3. The van der Waals surface area contributed by atoms with E-state index < -0.39 is 17.6 Å². The highest BCUT2D eigenvalue weighted by Crippen LogP contribution is 2.37. The molecule has 0 radical (unpaired) electrons. The van der Waals surface area contributed by atoms with Crippen LogP contribution in [0.25, 0.3) is 16.9 Å². The number of aryl methyl sites for hydroxylation is 2. The third-order valence-corrected chi connectivity index (χ3v) is 5.34. The van der Waals surface area contributed by atoms with E-state index in [0.29, 0.717) is 17.1 Å². The Hall–Kier alpha value is -4.22. The molecule has 3 heterocycles. The quantitative estimate of drug-likeness (QED) is 0.473. The molecule has 34 heavy (non-hydrogen) atoms. The van der Waals surface area contributed by atoms with Crippen molar-refractivity contribution in [3.8, 4) is 22.7 Å². The first-order chi connectivity index (χ1) is 16.1. The van der Waals surface area contributed by atoms with Crippen molar-refractivity contribution in [3.05, 3.63) is 65.4 Å². The smallest absolute Gasteiger partial charge is 0.420 e. The summed E-state index contributed by atoms with van der Waals surface area (Å²) in [5, 5.41) is 15.0. The molecule has 1 N–H and O–H groups in total. The van der Waals surface area contributed by atoms with Crippen LogP contribution in [-0.4, -0.2) is 42.8 Å². The lowest BCUT2D eigenvalue weighted by atomic mass is 10.1. The van der Waals surface area contributed by atoms with Crippen molar-refractivity contribution in [2.75, 3.05) is 12.4 Å². The van der Waals surface area contributed by atoms with Gasteiger partial charge in [-0.15, -0.1) is 5.10 Å². The van der Waals surface area contributed by atoms with Gasteiger partial charge in [-0.1, -0.05) is 5.21 Å². The van der Waals surface area contributed by atoms with Crippen LogP contribution in [0.3, 0.4) is 0 Å². The van der Waals surface area contributed by atoms with Gasteiger partial charge in [0.1, 0.15) is 11.4 Å². The van der Waals surface area contributed by atoms with Gasteiger partial charge in [0.2, 0.25) is 0 Å². The molecule has 0 aliphatic carbocycles. The zero-order valence-electron chi connectivity index (χ0n) is 18.7. The minimum Gasteiger partial charge on any atom is -0.496 e. The SMILES string of the molecule is COc1ccc(NC(=O)c2cnc(C)c(-n3cc(-c4cnn(C)c4C)nn3)c2)cc1C(F)(F)F. The molecule has 0 fully saturated rings. The number of alkyl halides is 3. The van der Waals surface area contributed by atoms with E-state index >= 15 is 0 Å². The zero-order chi connectivity index (χ0) is 24.6. The summed E-state index contributed by atoms with van der Waals surface area (Å²) in [6.07, 6.45) is 0.0745. The molecule has 4 rings (SSSR count). The number of amides is 1. The Bertz CT molecular complexity index is 1380. The standard InChI is InChI=1S/C22H20F3N7O2/c1-12-19(32-11-18(29-30-32)16-10-27-31(3)13(16)2)7-14(9-26-12)21(33)28-15-5-6-20(34-4)17(8-15)22(23,24)25/h5-11H,1-4H3,(H,28,33). The number of hydrogen-bond acceptors (Lipinski definition) is 6. The average Bonchev–Trinajstić information content (AvgIpc) is 3.40. The molecular formula is C22H20F3N7O2. The van der Waals surface area contributed by atoms with Crippen LogP contribution in [0.15, 0.2) is 42.9 Å². The number of anilines is 1. The Morgan fingerprint density at radius 1 is 1.15 bits per heavy atom. The zero-order valence-corrected chi connectivity index (χ0v) is 18.7. The van der Waals surface area contributed by atoms with E-state index in [0.717, 1.165) is 30.5 Å². The highest BCUT2D eigenvalue weighted by molar-refractivity contribution is 6.04. The molecule has 0 atom stereocenters. The van der Waals surface area contributed by atoms with Gasteiger partial charge in [-0.05, 0) is 38.1 Å². The number of nitrogens with zero attached hydrogens (tertiary/aromatic N) is 6. The minimum atomic E-state index is -4.64. The first-order valence-electron chi connectivity index (χ1n) is 10.0. The number of hydrogen-bond donors (Lipinski definition) is 1. The highest BCUT2D eigenvalue weighted by atomic mass is 19.4. The molecule has 176 valence electrons. The Morgan fingerprint density at radius 2 is 1.91 bits per heavy atom. The number of rotatable bonds is 5. The van der Waals surface area contributed by atoms with Gasteiger partial charge in [-0.2, -0.15) is 18.3 Å². The van der Waals surface area contributed by atoms with Crippen LogP contribution in [0.4, 0.5) is 18.9 Å². The molecule has 0 spiro atoms. The number of benzene rings is 1. The molecule has 1 amide bonds. The van der Waals surface area contributed by atoms with Crippen LogP contribution in [0.1, 0.15) is 27.3 Å². The Morgan fingerprint density at radius 3 is 2.56 bits per heavy atom. The molecule has 9 nitrogen and oxygen atoms in total. The van der Waals surface area contributed by atoms with E-state index in [-0.39, 0.29) is 17.0 Å². The van der Waals surface area contributed by atoms with E-state index in [1.54, 1.807) is 30.1 Å². The van der Waals surface area contributed by atoms with Gasteiger partial charge in [0.15, 0.2) is 0 Å². The van der Waals surface area contributed by atoms with Crippen molar-refractivity contribution in [3.63, 3.8) is 0 Å². The molecule has 1 aromatic carbocycles. The summed E-state index contributed by atoms with van der Waals surface area (Å²) in [5.74, 6) is -0.967. The third-order valence-electron chi connectivity index (χ3n) is 5.34. The number of nitrogens with one attached hydrogen (secondary N) is 1. The number of ether oxygens (including phenoxy) is 1. The van der Waals surface area contributed by atoms with Crippen molar-refractivity contribution in [1.29, 1.82) is 0 Å². The first-order valence-corrected chi connectivity index (χ1v) is 10.0. The summed E-state index contributed by atoms with van der Waals surface area (Å²) in [5.41, 5.74) is 2.52. The van der Waals surface area contributed by atoms with Crippen molar-refractivity contribution >= 4 is 11.6 Å². The molecule has 0 bridgehead atoms. The van der Waals surface area contributed by atoms with E-state index in [2.05, 4.69) is 25.7 Å². The second-order valence-electron chi connectivity index (χ2n) is 7.51. The van der Waals surface area contributed by atoms with Crippen LogP contribution >= 0.6 is 0 Å². The molecule has 0 saturated carbocycles. The summed E-state index contributed by atoms with van der Waals surface area (Å²) in [7, 11) is 2.97. The first kappa shape index (κ1) is 23.0. The lowest BCUT2D eigenvalue weighted by molar-refractivity contribution is -0.138. The van der Waals surface area contributed by atoms with Gasteiger partial charge >= 0.3 is 6.18 Å². The van der Waals surface area contributed by atoms with Crippen molar-refractivity contribution < 1.29 is 22.7 Å². The summed E-state index contributed by atoms with van der Waals surface area (Å²) in [4.78, 5) is 17.0. The van der Waals surface area contributed by atoms with E-state index in [9.17, 15) is 18.0 Å². The fraction of sp³-hybridized carbons (Fsp3) is 0.227. The molecule has 0 aliphatic rings. The number of halogens is 3. The number of carbonyl (C=O) groups is 1.